The highest BCUT2D eigenvalue weighted by Crippen LogP contribution is 2.35. The van der Waals surface area contributed by atoms with Crippen molar-refractivity contribution in [3.05, 3.63) is 24.0 Å². The number of nitrogens with zero attached hydrogens (tertiary/aromatic N) is 2. The van der Waals surface area contributed by atoms with Gasteiger partial charge in [-0.15, -0.1) is 0 Å². The largest absolute Gasteiger partial charge is 0.390 e. The molecule has 1 aromatic heterocycles. The maximum atomic E-state index is 9.11. The Balaban J connectivity index is 2.09. The average Bonchev–Trinajstić information content (AvgIpc) is 2.78. The standard InChI is InChI=1S/C14H22N2O/c1-14(2,3)11-5-7-16(9-11)13-4-6-15-12(8-13)10-17/h4,6,8,11,17H,5,7,9-10H2,1-3H3. The quantitative estimate of drug-likeness (QED) is 0.854. The molecule has 17 heavy (non-hydrogen) atoms. The fourth-order valence-electron chi connectivity index (χ4n) is 2.45. The van der Waals surface area contributed by atoms with Gasteiger partial charge < -0.3 is 10.0 Å². The third kappa shape index (κ3) is 2.78. The first-order chi connectivity index (χ1) is 8.00. The second kappa shape index (κ2) is 4.65. The minimum absolute atomic E-state index is 0.0182. The topological polar surface area (TPSA) is 36.4 Å². The minimum Gasteiger partial charge on any atom is -0.390 e. The lowest BCUT2D eigenvalue weighted by Crippen LogP contribution is -2.25. The molecule has 3 nitrogen and oxygen atoms in total. The summed E-state index contributed by atoms with van der Waals surface area (Å²) in [6.07, 6.45) is 3.03. The van der Waals surface area contributed by atoms with Gasteiger partial charge in [0.25, 0.3) is 0 Å². The lowest BCUT2D eigenvalue weighted by Gasteiger charge is -2.27. The minimum atomic E-state index is 0.0182. The molecule has 94 valence electrons. The van der Waals surface area contributed by atoms with Crippen LogP contribution in [0.4, 0.5) is 5.69 Å². The van der Waals surface area contributed by atoms with Crippen LogP contribution in [0.5, 0.6) is 0 Å². The second-order valence-corrected chi connectivity index (χ2v) is 5.96. The molecule has 0 amide bonds. The van der Waals surface area contributed by atoms with E-state index >= 15 is 0 Å². The normalized spacial score (nSPS) is 20.9. The number of aliphatic hydroxyl groups excluding tert-OH is 1. The molecule has 0 radical (unpaired) electrons. The summed E-state index contributed by atoms with van der Waals surface area (Å²) in [5.74, 6) is 0.744. The molecule has 2 heterocycles. The number of hydrogen-bond acceptors (Lipinski definition) is 3. The van der Waals surface area contributed by atoms with Crippen molar-refractivity contribution in [2.75, 3.05) is 18.0 Å². The smallest absolute Gasteiger partial charge is 0.0853 e. The number of aliphatic hydroxyl groups is 1. The van der Waals surface area contributed by atoms with Gasteiger partial charge in [-0.3, -0.25) is 4.98 Å². The third-order valence-corrected chi connectivity index (χ3v) is 3.74. The van der Waals surface area contributed by atoms with Crippen LogP contribution in [0.15, 0.2) is 18.3 Å². The molecule has 1 unspecified atom stereocenters. The van der Waals surface area contributed by atoms with Gasteiger partial charge in [0.15, 0.2) is 0 Å². The summed E-state index contributed by atoms with van der Waals surface area (Å²) in [6.45, 7) is 9.17. The van der Waals surface area contributed by atoms with Gasteiger partial charge in [0.2, 0.25) is 0 Å². The number of hydrogen-bond donors (Lipinski definition) is 1. The number of rotatable bonds is 2. The van der Waals surface area contributed by atoms with E-state index in [2.05, 4.69) is 30.7 Å². The molecule has 1 fully saturated rings. The molecule has 0 aliphatic carbocycles. The summed E-state index contributed by atoms with van der Waals surface area (Å²) < 4.78 is 0. The van der Waals surface area contributed by atoms with Crippen molar-refractivity contribution in [1.82, 2.24) is 4.98 Å². The fraction of sp³-hybridized carbons (Fsp3) is 0.643. The van der Waals surface area contributed by atoms with Crippen molar-refractivity contribution in [3.63, 3.8) is 0 Å². The average molecular weight is 234 g/mol. The first-order valence-corrected chi connectivity index (χ1v) is 6.31. The van der Waals surface area contributed by atoms with Gasteiger partial charge in [0.05, 0.1) is 12.3 Å². The van der Waals surface area contributed by atoms with E-state index in [-0.39, 0.29) is 6.61 Å². The fourth-order valence-corrected chi connectivity index (χ4v) is 2.45. The lowest BCUT2D eigenvalue weighted by atomic mass is 9.80. The van der Waals surface area contributed by atoms with E-state index < -0.39 is 0 Å². The first kappa shape index (κ1) is 12.4. The van der Waals surface area contributed by atoms with Gasteiger partial charge in [0, 0.05) is 25.0 Å². The van der Waals surface area contributed by atoms with Crippen molar-refractivity contribution in [2.45, 2.75) is 33.8 Å². The second-order valence-electron chi connectivity index (χ2n) is 5.96. The van der Waals surface area contributed by atoms with E-state index in [0.717, 1.165) is 24.7 Å². The van der Waals surface area contributed by atoms with E-state index in [1.54, 1.807) is 6.20 Å². The third-order valence-electron chi connectivity index (χ3n) is 3.74. The van der Waals surface area contributed by atoms with Crippen LogP contribution in [0.1, 0.15) is 32.9 Å². The summed E-state index contributed by atoms with van der Waals surface area (Å²) in [6, 6.07) is 4.02. The highest BCUT2D eigenvalue weighted by Gasteiger charge is 2.31. The Morgan fingerprint density at radius 2 is 2.24 bits per heavy atom. The van der Waals surface area contributed by atoms with Crippen molar-refractivity contribution in [2.24, 2.45) is 11.3 Å². The van der Waals surface area contributed by atoms with Crippen LogP contribution in [-0.4, -0.2) is 23.2 Å². The summed E-state index contributed by atoms with van der Waals surface area (Å²) in [5.41, 5.74) is 2.32. The number of anilines is 1. The Hall–Kier alpha value is -1.09. The van der Waals surface area contributed by atoms with Crippen molar-refractivity contribution in [1.29, 1.82) is 0 Å². The molecule has 0 aromatic carbocycles. The Kier molecular flexibility index (Phi) is 3.38. The predicted octanol–water partition coefficient (Wildman–Crippen LogP) is 2.45. The van der Waals surface area contributed by atoms with Gasteiger partial charge in [-0.1, -0.05) is 20.8 Å². The zero-order valence-corrected chi connectivity index (χ0v) is 11.0. The zero-order chi connectivity index (χ0) is 12.5. The molecule has 2 rings (SSSR count). The van der Waals surface area contributed by atoms with Gasteiger partial charge in [-0.2, -0.15) is 0 Å². The SMILES string of the molecule is CC(C)(C)C1CCN(c2ccnc(CO)c2)C1. The molecule has 3 heteroatoms. The molecular weight excluding hydrogens is 212 g/mol. The van der Waals surface area contributed by atoms with Crippen LogP contribution in [0.2, 0.25) is 0 Å². The Morgan fingerprint density at radius 1 is 1.47 bits per heavy atom. The van der Waals surface area contributed by atoms with Gasteiger partial charge in [-0.25, -0.2) is 0 Å². The Labute approximate surface area is 103 Å². The summed E-state index contributed by atoms with van der Waals surface area (Å²) in [5, 5.41) is 9.11. The van der Waals surface area contributed by atoms with Crippen molar-refractivity contribution >= 4 is 5.69 Å². The molecular formula is C14H22N2O. The van der Waals surface area contributed by atoms with E-state index in [1.807, 2.05) is 12.1 Å². The molecule has 1 aliphatic heterocycles. The summed E-state index contributed by atoms with van der Waals surface area (Å²) >= 11 is 0. The van der Waals surface area contributed by atoms with Crippen molar-refractivity contribution < 1.29 is 5.11 Å². The molecule has 1 N–H and O–H groups in total. The summed E-state index contributed by atoms with van der Waals surface area (Å²) in [7, 11) is 0. The van der Waals surface area contributed by atoms with Crippen LogP contribution in [-0.2, 0) is 6.61 Å². The number of pyridine rings is 1. The molecule has 1 atom stereocenters. The van der Waals surface area contributed by atoms with Crippen LogP contribution < -0.4 is 4.90 Å². The maximum Gasteiger partial charge on any atom is 0.0853 e. The van der Waals surface area contributed by atoms with Crippen molar-refractivity contribution in [3.8, 4) is 0 Å². The van der Waals surface area contributed by atoms with Gasteiger partial charge >= 0.3 is 0 Å². The van der Waals surface area contributed by atoms with E-state index in [1.165, 1.54) is 12.1 Å². The molecule has 1 saturated heterocycles. The van der Waals surface area contributed by atoms with Crippen LogP contribution in [0.25, 0.3) is 0 Å². The predicted molar refractivity (Wildman–Crippen MR) is 69.9 cm³/mol. The Morgan fingerprint density at radius 3 is 2.82 bits per heavy atom. The zero-order valence-electron chi connectivity index (χ0n) is 11.0. The lowest BCUT2D eigenvalue weighted by molar-refractivity contribution is 0.263. The molecule has 1 aromatic rings. The highest BCUT2D eigenvalue weighted by molar-refractivity contribution is 5.47. The molecule has 0 bridgehead atoms. The van der Waals surface area contributed by atoms with Crippen LogP contribution in [0, 0.1) is 11.3 Å². The first-order valence-electron chi connectivity index (χ1n) is 6.31. The highest BCUT2D eigenvalue weighted by atomic mass is 16.3. The van der Waals surface area contributed by atoms with Crippen LogP contribution >= 0.6 is 0 Å². The van der Waals surface area contributed by atoms with E-state index in [9.17, 15) is 0 Å². The van der Waals surface area contributed by atoms with E-state index in [0.29, 0.717) is 5.41 Å². The van der Waals surface area contributed by atoms with E-state index in [4.69, 9.17) is 5.11 Å². The number of aromatic nitrogens is 1. The van der Waals surface area contributed by atoms with Gasteiger partial charge in [0.1, 0.15) is 0 Å². The van der Waals surface area contributed by atoms with Gasteiger partial charge in [-0.05, 0) is 29.9 Å². The Bertz CT molecular complexity index is 384. The summed E-state index contributed by atoms with van der Waals surface area (Å²) in [4.78, 5) is 6.52. The van der Waals surface area contributed by atoms with Crippen LogP contribution in [0.3, 0.4) is 0 Å². The monoisotopic (exact) mass is 234 g/mol. The maximum absolute atomic E-state index is 9.11. The molecule has 0 spiro atoms. The molecule has 1 aliphatic rings. The molecule has 0 saturated carbocycles.